The molecule has 8 heteroatoms. The molecule has 0 aliphatic carbocycles. The predicted molar refractivity (Wildman–Crippen MR) is 84.7 cm³/mol. The molecule has 0 bridgehead atoms. The van der Waals surface area contributed by atoms with Crippen LogP contribution in [0.15, 0.2) is 58.3 Å². The molecule has 2 rings (SSSR count). The molecule has 23 heavy (non-hydrogen) atoms. The third-order valence-corrected chi connectivity index (χ3v) is 5.95. The Bertz CT molecular complexity index is 889. The number of hydrogen-bond acceptors (Lipinski definition) is 4. The van der Waals surface area contributed by atoms with Crippen molar-refractivity contribution in [1.82, 2.24) is 4.72 Å². The average Bonchev–Trinajstić information content (AvgIpc) is 2.46. The molecule has 0 saturated carbocycles. The van der Waals surface area contributed by atoms with Crippen molar-refractivity contribution in [2.24, 2.45) is 0 Å². The second-order valence-electron chi connectivity index (χ2n) is 5.14. The zero-order chi connectivity index (χ0) is 17.3. The van der Waals surface area contributed by atoms with Gasteiger partial charge in [-0.3, -0.25) is 0 Å². The third kappa shape index (κ3) is 4.37. The number of halogens is 1. The minimum absolute atomic E-state index is 0.0430. The highest BCUT2D eigenvalue weighted by Gasteiger charge is 2.18. The van der Waals surface area contributed by atoms with Crippen molar-refractivity contribution >= 4 is 19.9 Å². The Morgan fingerprint density at radius 2 is 1.35 bits per heavy atom. The third-order valence-electron chi connectivity index (χ3n) is 3.26. The van der Waals surface area contributed by atoms with Crippen LogP contribution >= 0.6 is 0 Å². The molecule has 0 saturated heterocycles. The lowest BCUT2D eigenvalue weighted by molar-refractivity contribution is 0.566. The largest absolute Gasteiger partial charge is 0.241 e. The first-order valence-electron chi connectivity index (χ1n) is 6.67. The van der Waals surface area contributed by atoms with Crippen molar-refractivity contribution in [3.05, 3.63) is 59.9 Å². The van der Waals surface area contributed by atoms with E-state index in [1.165, 1.54) is 24.3 Å². The highest BCUT2D eigenvalue weighted by molar-refractivity contribution is 7.90. The van der Waals surface area contributed by atoms with E-state index >= 15 is 0 Å². The van der Waals surface area contributed by atoms with Gasteiger partial charge in [-0.25, -0.2) is 25.9 Å². The monoisotopic (exact) mass is 357 g/mol. The van der Waals surface area contributed by atoms with Gasteiger partial charge in [0.1, 0.15) is 5.82 Å². The van der Waals surface area contributed by atoms with Gasteiger partial charge in [-0.05, 0) is 48.9 Å². The predicted octanol–water partition coefficient (Wildman–Crippen LogP) is 2.27. The van der Waals surface area contributed by atoms with Crippen molar-refractivity contribution in [1.29, 1.82) is 0 Å². The van der Waals surface area contributed by atoms with E-state index in [0.29, 0.717) is 5.56 Å². The Morgan fingerprint density at radius 1 is 0.870 bits per heavy atom. The molecular weight excluding hydrogens is 341 g/mol. The molecule has 0 aromatic heterocycles. The van der Waals surface area contributed by atoms with Crippen molar-refractivity contribution in [2.45, 2.75) is 22.8 Å². The molecular formula is C15H16FNO4S2. The Kier molecular flexibility index (Phi) is 4.88. The maximum absolute atomic E-state index is 12.9. The molecule has 0 fully saturated rings. The lowest BCUT2D eigenvalue weighted by Gasteiger charge is -2.15. The quantitative estimate of drug-likeness (QED) is 0.890. The summed E-state index contributed by atoms with van der Waals surface area (Å²) in [5.41, 5.74) is 0.614. The molecule has 5 nitrogen and oxygen atoms in total. The summed E-state index contributed by atoms with van der Waals surface area (Å²) in [4.78, 5) is 0.119. The van der Waals surface area contributed by atoms with Gasteiger partial charge in [-0.15, -0.1) is 0 Å². The molecule has 0 spiro atoms. The molecule has 2 aromatic rings. The maximum Gasteiger partial charge on any atom is 0.241 e. The van der Waals surface area contributed by atoms with Crippen molar-refractivity contribution in [2.75, 3.05) is 6.26 Å². The van der Waals surface area contributed by atoms with Crippen molar-refractivity contribution in [3.63, 3.8) is 0 Å². The van der Waals surface area contributed by atoms with E-state index < -0.39 is 31.7 Å². The number of nitrogens with one attached hydrogen (secondary N) is 1. The summed E-state index contributed by atoms with van der Waals surface area (Å²) in [5.74, 6) is -0.520. The van der Waals surface area contributed by atoms with Crippen LogP contribution in [0.2, 0.25) is 0 Å². The van der Waals surface area contributed by atoms with Crippen LogP contribution in [0.1, 0.15) is 18.5 Å². The molecule has 0 radical (unpaired) electrons. The van der Waals surface area contributed by atoms with E-state index in [-0.39, 0.29) is 9.79 Å². The molecule has 1 N–H and O–H groups in total. The van der Waals surface area contributed by atoms with Crippen molar-refractivity contribution in [3.8, 4) is 0 Å². The summed E-state index contributed by atoms with van der Waals surface area (Å²) in [6.45, 7) is 1.64. The van der Waals surface area contributed by atoms with Crippen LogP contribution in [0.5, 0.6) is 0 Å². The Morgan fingerprint density at radius 3 is 1.83 bits per heavy atom. The highest BCUT2D eigenvalue weighted by Crippen LogP contribution is 2.19. The number of sulfone groups is 1. The molecule has 0 heterocycles. The molecule has 0 amide bonds. The number of sulfonamides is 1. The first-order valence-corrected chi connectivity index (χ1v) is 10.0. The second-order valence-corrected chi connectivity index (χ2v) is 8.87. The standard InChI is InChI=1S/C15H16FNO4S2/c1-11(12-3-7-14(8-4-12)22(2,18)19)17-23(20,21)15-9-5-13(16)6-10-15/h3-11,17H,1-2H3. The van der Waals surface area contributed by atoms with Gasteiger partial charge in [0.05, 0.1) is 9.79 Å². The fraction of sp³-hybridized carbons (Fsp3) is 0.200. The van der Waals surface area contributed by atoms with Gasteiger partial charge >= 0.3 is 0 Å². The van der Waals surface area contributed by atoms with Crippen molar-refractivity contribution < 1.29 is 21.2 Å². The topological polar surface area (TPSA) is 80.3 Å². The van der Waals surface area contributed by atoms with Crippen LogP contribution in [-0.4, -0.2) is 23.1 Å². The molecule has 1 atom stereocenters. The SMILES string of the molecule is CC(NS(=O)(=O)c1ccc(F)cc1)c1ccc(S(C)(=O)=O)cc1. The van der Waals surface area contributed by atoms with Crippen LogP contribution in [0.3, 0.4) is 0 Å². The summed E-state index contributed by atoms with van der Waals surface area (Å²) < 4.78 is 62.6. The number of benzene rings is 2. The average molecular weight is 357 g/mol. The van der Waals surface area contributed by atoms with E-state index in [4.69, 9.17) is 0 Å². The number of rotatable bonds is 5. The van der Waals surface area contributed by atoms with Gasteiger partial charge in [0.2, 0.25) is 10.0 Å². The van der Waals surface area contributed by atoms with Gasteiger partial charge in [-0.1, -0.05) is 12.1 Å². The minimum Gasteiger partial charge on any atom is -0.224 e. The van der Waals surface area contributed by atoms with Crippen LogP contribution in [-0.2, 0) is 19.9 Å². The van der Waals surface area contributed by atoms with Crippen LogP contribution < -0.4 is 4.72 Å². The fourth-order valence-electron chi connectivity index (χ4n) is 1.99. The normalized spacial score (nSPS) is 13.7. The minimum atomic E-state index is -3.80. The van der Waals surface area contributed by atoms with Gasteiger partial charge < -0.3 is 0 Å². The second kappa shape index (κ2) is 6.38. The van der Waals surface area contributed by atoms with Gasteiger partial charge in [0.15, 0.2) is 9.84 Å². The summed E-state index contributed by atoms with van der Waals surface area (Å²) >= 11 is 0. The van der Waals surface area contributed by atoms with E-state index in [2.05, 4.69) is 4.72 Å². The fourth-order valence-corrected chi connectivity index (χ4v) is 3.85. The summed E-state index contributed by atoms with van der Waals surface area (Å²) in [6, 6.07) is 9.87. The van der Waals surface area contributed by atoms with Crippen LogP contribution in [0, 0.1) is 5.82 Å². The van der Waals surface area contributed by atoms with Gasteiger partial charge in [0, 0.05) is 12.3 Å². The summed E-state index contributed by atoms with van der Waals surface area (Å²) in [7, 11) is -7.10. The molecule has 0 aliphatic heterocycles. The highest BCUT2D eigenvalue weighted by atomic mass is 32.2. The van der Waals surface area contributed by atoms with Crippen LogP contribution in [0.25, 0.3) is 0 Å². The molecule has 1 unspecified atom stereocenters. The maximum atomic E-state index is 12.9. The van der Waals surface area contributed by atoms with E-state index in [1.807, 2.05) is 0 Å². The van der Waals surface area contributed by atoms with Gasteiger partial charge in [0.25, 0.3) is 0 Å². The molecule has 124 valence electrons. The zero-order valence-electron chi connectivity index (χ0n) is 12.5. The molecule has 2 aromatic carbocycles. The Labute approximate surface area is 135 Å². The first-order chi connectivity index (χ1) is 10.6. The Balaban J connectivity index is 2.21. The van der Waals surface area contributed by atoms with Gasteiger partial charge in [-0.2, -0.15) is 0 Å². The van der Waals surface area contributed by atoms with E-state index in [1.54, 1.807) is 19.1 Å². The van der Waals surface area contributed by atoms with Crippen LogP contribution in [0.4, 0.5) is 4.39 Å². The lowest BCUT2D eigenvalue weighted by atomic mass is 10.1. The zero-order valence-corrected chi connectivity index (χ0v) is 14.2. The number of hydrogen-bond donors (Lipinski definition) is 1. The lowest BCUT2D eigenvalue weighted by Crippen LogP contribution is -2.26. The van der Waals surface area contributed by atoms with E-state index in [9.17, 15) is 21.2 Å². The Hall–Kier alpha value is -1.77. The summed E-state index contributed by atoms with van der Waals surface area (Å²) in [5, 5.41) is 0. The first kappa shape index (κ1) is 17.6. The molecule has 0 aliphatic rings. The van der Waals surface area contributed by atoms with E-state index in [0.717, 1.165) is 18.4 Å². The smallest absolute Gasteiger partial charge is 0.224 e. The summed E-state index contributed by atoms with van der Waals surface area (Å²) in [6.07, 6.45) is 1.10.